The minimum Gasteiger partial charge on any atom is -0.317 e. The van der Waals surface area contributed by atoms with Crippen molar-refractivity contribution in [2.45, 2.75) is 18.9 Å². The predicted octanol–water partition coefficient (Wildman–Crippen LogP) is 0.762. The van der Waals surface area contributed by atoms with Gasteiger partial charge in [-0.3, -0.25) is 0 Å². The van der Waals surface area contributed by atoms with Gasteiger partial charge in [0.1, 0.15) is 9.84 Å². The third kappa shape index (κ3) is 8.59. The van der Waals surface area contributed by atoms with Crippen LogP contribution in [0.1, 0.15) is 12.8 Å². The van der Waals surface area contributed by atoms with Crippen molar-refractivity contribution in [3.05, 3.63) is 0 Å². The summed E-state index contributed by atoms with van der Waals surface area (Å²) in [4.78, 5) is 0. The molecule has 0 rings (SSSR count). The molecule has 13 heavy (non-hydrogen) atoms. The molecule has 0 amide bonds. The molecule has 0 heterocycles. The average molecular weight is 225 g/mol. The highest BCUT2D eigenvalue weighted by Gasteiger charge is 2.09. The normalized spacial score (nSPS) is 14.4. The maximum Gasteiger partial charge on any atom is 0.147 e. The van der Waals surface area contributed by atoms with E-state index in [-0.39, 0.29) is 5.75 Å². The van der Waals surface area contributed by atoms with Crippen LogP contribution in [0, 0.1) is 0 Å². The number of hydrogen-bond donors (Lipinski definition) is 1. The van der Waals surface area contributed by atoms with Crippen molar-refractivity contribution in [3.63, 3.8) is 0 Å². The summed E-state index contributed by atoms with van der Waals surface area (Å²) in [6.45, 7) is 0. The molecule has 1 N–H and O–H groups in total. The molecule has 80 valence electrons. The Kier molecular flexibility index (Phi) is 6.81. The van der Waals surface area contributed by atoms with Crippen molar-refractivity contribution in [2.75, 3.05) is 31.1 Å². The number of rotatable bonds is 7. The van der Waals surface area contributed by atoms with Crippen LogP contribution < -0.4 is 5.32 Å². The van der Waals surface area contributed by atoms with Crippen LogP contribution >= 0.6 is 11.8 Å². The summed E-state index contributed by atoms with van der Waals surface area (Å²) < 4.78 is 21.8. The third-order valence-electron chi connectivity index (χ3n) is 1.92. The topological polar surface area (TPSA) is 46.2 Å². The molecule has 0 aliphatic rings. The highest BCUT2D eigenvalue weighted by Crippen LogP contribution is 2.04. The summed E-state index contributed by atoms with van der Waals surface area (Å²) in [5.41, 5.74) is 0. The largest absolute Gasteiger partial charge is 0.317 e. The van der Waals surface area contributed by atoms with Gasteiger partial charge in [0, 0.05) is 12.3 Å². The summed E-state index contributed by atoms with van der Waals surface area (Å²) >= 11 is 1.79. The molecule has 0 aromatic heterocycles. The molecule has 0 aliphatic heterocycles. The zero-order valence-electron chi connectivity index (χ0n) is 8.54. The molecule has 0 aromatic rings. The van der Waals surface area contributed by atoms with Gasteiger partial charge in [-0.15, -0.1) is 0 Å². The molecule has 0 bridgehead atoms. The highest BCUT2D eigenvalue weighted by molar-refractivity contribution is 7.98. The van der Waals surface area contributed by atoms with Gasteiger partial charge in [0.25, 0.3) is 0 Å². The summed E-state index contributed by atoms with van der Waals surface area (Å²) in [7, 11) is -0.919. The van der Waals surface area contributed by atoms with Gasteiger partial charge in [0.15, 0.2) is 0 Å². The Balaban J connectivity index is 3.72. The lowest BCUT2D eigenvalue weighted by Crippen LogP contribution is -2.28. The van der Waals surface area contributed by atoms with E-state index in [0.717, 1.165) is 18.6 Å². The molecule has 0 aromatic carbocycles. The first-order valence-corrected chi connectivity index (χ1v) is 7.79. The average Bonchev–Trinajstić information content (AvgIpc) is 2.03. The molecule has 0 radical (unpaired) electrons. The Morgan fingerprint density at radius 3 is 2.38 bits per heavy atom. The Hall–Kier alpha value is 0.260. The predicted molar refractivity (Wildman–Crippen MR) is 60.2 cm³/mol. The molecular weight excluding hydrogens is 206 g/mol. The quantitative estimate of drug-likeness (QED) is 0.695. The SMILES string of the molecule is CNC(CCSC)CCS(C)(=O)=O. The van der Waals surface area contributed by atoms with Gasteiger partial charge in [-0.25, -0.2) is 8.42 Å². The summed E-state index contributed by atoms with van der Waals surface area (Å²) in [5, 5.41) is 3.13. The maximum atomic E-state index is 10.9. The van der Waals surface area contributed by atoms with Crippen molar-refractivity contribution < 1.29 is 8.42 Å². The smallest absolute Gasteiger partial charge is 0.147 e. The lowest BCUT2D eigenvalue weighted by molar-refractivity contribution is 0.527. The molecule has 0 saturated heterocycles. The van der Waals surface area contributed by atoms with E-state index < -0.39 is 9.84 Å². The fourth-order valence-corrected chi connectivity index (χ4v) is 2.28. The fourth-order valence-electron chi connectivity index (χ4n) is 1.05. The van der Waals surface area contributed by atoms with E-state index in [9.17, 15) is 8.42 Å². The Labute approximate surface area is 85.6 Å². The lowest BCUT2D eigenvalue weighted by Gasteiger charge is -2.14. The molecule has 0 fully saturated rings. The Morgan fingerprint density at radius 1 is 1.38 bits per heavy atom. The van der Waals surface area contributed by atoms with Crippen LogP contribution in [-0.2, 0) is 9.84 Å². The van der Waals surface area contributed by atoms with Gasteiger partial charge in [0.05, 0.1) is 5.75 Å². The van der Waals surface area contributed by atoms with Crippen LogP contribution in [0.5, 0.6) is 0 Å². The third-order valence-corrected chi connectivity index (χ3v) is 3.54. The van der Waals surface area contributed by atoms with Gasteiger partial charge in [-0.1, -0.05) is 0 Å². The van der Waals surface area contributed by atoms with E-state index in [0.29, 0.717) is 6.04 Å². The maximum absolute atomic E-state index is 10.9. The first kappa shape index (κ1) is 13.3. The van der Waals surface area contributed by atoms with E-state index in [2.05, 4.69) is 11.6 Å². The van der Waals surface area contributed by atoms with Crippen molar-refractivity contribution >= 4 is 21.6 Å². The van der Waals surface area contributed by atoms with Gasteiger partial charge in [-0.05, 0) is 31.9 Å². The first-order chi connectivity index (χ1) is 5.99. The summed E-state index contributed by atoms with van der Waals surface area (Å²) in [5.74, 6) is 1.36. The van der Waals surface area contributed by atoms with Crippen LogP contribution in [0.2, 0.25) is 0 Å². The summed E-state index contributed by atoms with van der Waals surface area (Å²) in [6.07, 6.45) is 5.10. The Bertz CT molecular complexity index is 214. The number of nitrogens with one attached hydrogen (secondary N) is 1. The lowest BCUT2D eigenvalue weighted by atomic mass is 10.2. The zero-order chi connectivity index (χ0) is 10.3. The monoisotopic (exact) mass is 225 g/mol. The molecule has 1 atom stereocenters. The second-order valence-corrected chi connectivity index (χ2v) is 6.43. The van der Waals surface area contributed by atoms with Gasteiger partial charge >= 0.3 is 0 Å². The van der Waals surface area contributed by atoms with Crippen LogP contribution in [0.4, 0.5) is 0 Å². The molecule has 1 unspecified atom stereocenters. The molecular formula is C8H19NO2S2. The van der Waals surface area contributed by atoms with Crippen molar-refractivity contribution in [1.82, 2.24) is 5.32 Å². The Morgan fingerprint density at radius 2 is 2.00 bits per heavy atom. The fraction of sp³-hybridized carbons (Fsp3) is 1.00. The minimum atomic E-state index is -2.80. The molecule has 3 nitrogen and oxygen atoms in total. The van der Waals surface area contributed by atoms with Crippen LogP contribution in [0.25, 0.3) is 0 Å². The minimum absolute atomic E-state index is 0.285. The van der Waals surface area contributed by atoms with E-state index in [1.807, 2.05) is 7.05 Å². The zero-order valence-corrected chi connectivity index (χ0v) is 10.2. The van der Waals surface area contributed by atoms with Crippen LogP contribution in [0.3, 0.4) is 0 Å². The molecule has 0 saturated carbocycles. The van der Waals surface area contributed by atoms with Crippen molar-refractivity contribution in [2.24, 2.45) is 0 Å². The first-order valence-electron chi connectivity index (χ1n) is 4.33. The molecule has 0 spiro atoms. The molecule has 5 heteroatoms. The van der Waals surface area contributed by atoms with E-state index in [1.54, 1.807) is 11.8 Å². The van der Waals surface area contributed by atoms with E-state index >= 15 is 0 Å². The molecule has 0 aliphatic carbocycles. The van der Waals surface area contributed by atoms with Gasteiger partial charge in [0.2, 0.25) is 0 Å². The number of thioether (sulfide) groups is 1. The second-order valence-electron chi connectivity index (χ2n) is 3.19. The number of sulfone groups is 1. The van der Waals surface area contributed by atoms with E-state index in [1.165, 1.54) is 6.26 Å². The standard InChI is InChI=1S/C8H19NO2S2/c1-9-8(4-6-12-2)5-7-13(3,10)11/h8-9H,4-7H2,1-3H3. The van der Waals surface area contributed by atoms with Crippen molar-refractivity contribution in [1.29, 1.82) is 0 Å². The number of hydrogen-bond acceptors (Lipinski definition) is 4. The van der Waals surface area contributed by atoms with Crippen LogP contribution in [-0.4, -0.2) is 45.5 Å². The van der Waals surface area contributed by atoms with E-state index in [4.69, 9.17) is 0 Å². The highest BCUT2D eigenvalue weighted by atomic mass is 32.2. The van der Waals surface area contributed by atoms with Crippen molar-refractivity contribution in [3.8, 4) is 0 Å². The second kappa shape index (κ2) is 6.68. The van der Waals surface area contributed by atoms with Gasteiger partial charge < -0.3 is 5.32 Å². The summed E-state index contributed by atoms with van der Waals surface area (Å²) in [6, 6.07) is 0.335. The van der Waals surface area contributed by atoms with Crippen LogP contribution in [0.15, 0.2) is 0 Å². The van der Waals surface area contributed by atoms with Gasteiger partial charge in [-0.2, -0.15) is 11.8 Å².